The van der Waals surface area contributed by atoms with Crippen molar-refractivity contribution in [2.24, 2.45) is 0 Å². The summed E-state index contributed by atoms with van der Waals surface area (Å²) in [5.41, 5.74) is 3.50. The van der Waals surface area contributed by atoms with E-state index in [0.717, 1.165) is 22.6 Å². The average molecular weight is 340 g/mol. The van der Waals surface area contributed by atoms with E-state index in [1.165, 1.54) is 0 Å². The number of carbonyl (C=O) groups is 3. The number of imide groups is 1. The molecule has 0 aliphatic carbocycles. The summed E-state index contributed by atoms with van der Waals surface area (Å²) in [4.78, 5) is 39.5. The monoisotopic (exact) mass is 340 g/mol. The maximum absolute atomic E-state index is 12.2. The zero-order valence-electron chi connectivity index (χ0n) is 13.7. The number of urea groups is 1. The summed E-state index contributed by atoms with van der Waals surface area (Å²) in [6.07, 6.45) is 4.97. The number of amides is 3. The molecule has 8 nitrogen and oxygen atoms in total. The number of carboxylic acid groups (broad SMARTS) is 1. The molecule has 3 heterocycles. The molecule has 25 heavy (non-hydrogen) atoms. The second kappa shape index (κ2) is 6.23. The summed E-state index contributed by atoms with van der Waals surface area (Å²) in [6.45, 7) is 3.15. The van der Waals surface area contributed by atoms with Gasteiger partial charge in [0.15, 0.2) is 0 Å². The van der Waals surface area contributed by atoms with Crippen LogP contribution in [0.15, 0.2) is 36.3 Å². The molecule has 3 amide bonds. The molecule has 3 rings (SSSR count). The fourth-order valence-electron chi connectivity index (χ4n) is 2.82. The molecule has 128 valence electrons. The molecular weight excluding hydrogens is 324 g/mol. The molecular formula is C17H16N4O4. The lowest BCUT2D eigenvalue weighted by Crippen LogP contribution is -2.35. The van der Waals surface area contributed by atoms with Gasteiger partial charge in [-0.15, -0.1) is 0 Å². The van der Waals surface area contributed by atoms with Crippen LogP contribution < -0.4 is 5.32 Å². The smallest absolute Gasteiger partial charge is 0.329 e. The molecule has 2 aromatic rings. The Labute approximate surface area is 143 Å². The van der Waals surface area contributed by atoms with Crippen LogP contribution in [0.25, 0.3) is 11.8 Å². The third kappa shape index (κ3) is 3.01. The molecule has 0 bridgehead atoms. The van der Waals surface area contributed by atoms with Crippen molar-refractivity contribution >= 4 is 24.0 Å². The molecule has 1 aliphatic rings. The lowest BCUT2D eigenvalue weighted by Gasteiger charge is -2.08. The zero-order chi connectivity index (χ0) is 18.1. The molecule has 2 aromatic heterocycles. The molecule has 0 atom stereocenters. The van der Waals surface area contributed by atoms with Gasteiger partial charge in [-0.1, -0.05) is 0 Å². The molecule has 8 heteroatoms. The van der Waals surface area contributed by atoms with E-state index in [9.17, 15) is 14.4 Å². The number of carboxylic acids is 1. The van der Waals surface area contributed by atoms with E-state index >= 15 is 0 Å². The predicted octanol–water partition coefficient (Wildman–Crippen LogP) is 1.47. The van der Waals surface area contributed by atoms with E-state index in [-0.39, 0.29) is 5.70 Å². The molecule has 0 aromatic carbocycles. The highest BCUT2D eigenvalue weighted by atomic mass is 16.4. The van der Waals surface area contributed by atoms with E-state index < -0.39 is 24.5 Å². The van der Waals surface area contributed by atoms with E-state index in [0.29, 0.717) is 4.90 Å². The minimum atomic E-state index is -1.25. The molecule has 1 saturated heterocycles. The number of rotatable bonds is 4. The summed E-state index contributed by atoms with van der Waals surface area (Å²) >= 11 is 0. The number of hydrogen-bond donors (Lipinski definition) is 2. The minimum absolute atomic E-state index is 0.0534. The van der Waals surface area contributed by atoms with Crippen molar-refractivity contribution in [1.29, 1.82) is 0 Å². The van der Waals surface area contributed by atoms with Gasteiger partial charge in [0, 0.05) is 17.6 Å². The number of carbonyl (C=O) groups excluding carboxylic acids is 2. The lowest BCUT2D eigenvalue weighted by atomic mass is 10.2. The Bertz CT molecular complexity index is 899. The quantitative estimate of drug-likeness (QED) is 0.648. The average Bonchev–Trinajstić information content (AvgIpc) is 2.99. The summed E-state index contributed by atoms with van der Waals surface area (Å²) in [5, 5.41) is 11.2. The number of aromatic nitrogens is 2. The topological polar surface area (TPSA) is 105 Å². The number of pyridine rings is 1. The van der Waals surface area contributed by atoms with Crippen molar-refractivity contribution in [3.05, 3.63) is 53.2 Å². The zero-order valence-corrected chi connectivity index (χ0v) is 13.7. The first kappa shape index (κ1) is 16.4. The first-order valence-electron chi connectivity index (χ1n) is 7.54. The summed E-state index contributed by atoms with van der Waals surface area (Å²) in [6, 6.07) is 4.90. The molecule has 0 unspecified atom stereocenters. The maximum atomic E-state index is 12.2. The van der Waals surface area contributed by atoms with Crippen molar-refractivity contribution in [3.63, 3.8) is 0 Å². The normalized spacial score (nSPS) is 15.8. The summed E-state index contributed by atoms with van der Waals surface area (Å²) in [7, 11) is 0. The Balaban J connectivity index is 1.97. The van der Waals surface area contributed by atoms with Crippen molar-refractivity contribution in [3.8, 4) is 5.69 Å². The van der Waals surface area contributed by atoms with Crippen molar-refractivity contribution in [2.75, 3.05) is 6.54 Å². The molecule has 2 N–H and O–H groups in total. The molecule has 0 saturated carbocycles. The largest absolute Gasteiger partial charge is 0.480 e. The highest BCUT2D eigenvalue weighted by Crippen LogP contribution is 2.23. The van der Waals surface area contributed by atoms with Crippen LogP contribution in [0.5, 0.6) is 0 Å². The van der Waals surface area contributed by atoms with Crippen molar-refractivity contribution < 1.29 is 19.5 Å². The number of nitrogens with one attached hydrogen (secondary N) is 1. The van der Waals surface area contributed by atoms with Gasteiger partial charge in [-0.05, 0) is 43.7 Å². The summed E-state index contributed by atoms with van der Waals surface area (Å²) in [5.74, 6) is -1.90. The third-order valence-corrected chi connectivity index (χ3v) is 3.93. The first-order valence-corrected chi connectivity index (χ1v) is 7.54. The van der Waals surface area contributed by atoms with Gasteiger partial charge in [0.05, 0.1) is 11.9 Å². The number of nitrogens with zero attached hydrogens (tertiary/aromatic N) is 3. The Morgan fingerprint density at radius 1 is 1.36 bits per heavy atom. The van der Waals surface area contributed by atoms with E-state index in [1.807, 2.05) is 36.6 Å². The molecule has 1 aliphatic heterocycles. The van der Waals surface area contributed by atoms with Crippen molar-refractivity contribution in [2.45, 2.75) is 13.8 Å². The standard InChI is InChI=1S/C17H16N4O4/c1-10-6-12(11(2)21(10)13-4-3-5-18-8-13)7-14-16(24)20(9-15(22)23)17(25)19-14/h3-8H,9H2,1-2H3,(H,19,25)(H,22,23)/b14-7+. The third-order valence-electron chi connectivity index (χ3n) is 3.93. The second-order valence-electron chi connectivity index (χ2n) is 5.65. The van der Waals surface area contributed by atoms with E-state index in [4.69, 9.17) is 5.11 Å². The number of hydrogen-bond acceptors (Lipinski definition) is 4. The molecule has 1 fully saturated rings. The molecule has 0 radical (unpaired) electrons. The van der Waals surface area contributed by atoms with Gasteiger partial charge in [0.1, 0.15) is 12.2 Å². The van der Waals surface area contributed by atoms with Crippen LogP contribution in [0, 0.1) is 13.8 Å². The first-order chi connectivity index (χ1) is 11.9. The SMILES string of the molecule is Cc1cc(/C=C2/NC(=O)N(CC(=O)O)C2=O)c(C)n1-c1cccnc1. The fourth-order valence-corrected chi connectivity index (χ4v) is 2.82. The van der Waals surface area contributed by atoms with Gasteiger partial charge in [-0.2, -0.15) is 0 Å². The van der Waals surface area contributed by atoms with Crippen LogP contribution in [-0.4, -0.2) is 44.0 Å². The van der Waals surface area contributed by atoms with E-state index in [1.54, 1.807) is 18.5 Å². The van der Waals surface area contributed by atoms with Gasteiger partial charge >= 0.3 is 12.0 Å². The van der Waals surface area contributed by atoms with Gasteiger partial charge in [-0.25, -0.2) is 9.69 Å². The van der Waals surface area contributed by atoms with Crippen LogP contribution in [0.1, 0.15) is 17.0 Å². The second-order valence-corrected chi connectivity index (χ2v) is 5.65. The van der Waals surface area contributed by atoms with Crippen LogP contribution in [0.4, 0.5) is 4.79 Å². The maximum Gasteiger partial charge on any atom is 0.329 e. The Kier molecular flexibility index (Phi) is 4.10. The van der Waals surface area contributed by atoms with Gasteiger partial charge in [0.25, 0.3) is 5.91 Å². The highest BCUT2D eigenvalue weighted by molar-refractivity contribution is 6.15. The highest BCUT2D eigenvalue weighted by Gasteiger charge is 2.35. The number of aryl methyl sites for hydroxylation is 1. The number of aliphatic carboxylic acids is 1. The minimum Gasteiger partial charge on any atom is -0.480 e. The Morgan fingerprint density at radius 2 is 2.12 bits per heavy atom. The van der Waals surface area contributed by atoms with Gasteiger partial charge < -0.3 is 15.0 Å². The predicted molar refractivity (Wildman–Crippen MR) is 88.9 cm³/mol. The van der Waals surface area contributed by atoms with Crippen molar-refractivity contribution in [1.82, 2.24) is 19.8 Å². The summed E-state index contributed by atoms with van der Waals surface area (Å²) < 4.78 is 1.98. The van der Waals surface area contributed by atoms with E-state index in [2.05, 4.69) is 10.3 Å². The van der Waals surface area contributed by atoms with Crippen LogP contribution in [-0.2, 0) is 9.59 Å². The van der Waals surface area contributed by atoms with Crippen LogP contribution in [0.3, 0.4) is 0 Å². The Hall–Kier alpha value is -3.42. The van der Waals surface area contributed by atoms with Crippen LogP contribution in [0.2, 0.25) is 0 Å². The van der Waals surface area contributed by atoms with Gasteiger partial charge in [0.2, 0.25) is 0 Å². The van der Waals surface area contributed by atoms with Crippen LogP contribution >= 0.6 is 0 Å². The molecule has 0 spiro atoms. The Morgan fingerprint density at radius 3 is 2.76 bits per heavy atom. The fraction of sp³-hybridized carbons (Fsp3) is 0.176. The lowest BCUT2D eigenvalue weighted by molar-refractivity contribution is -0.140. The van der Waals surface area contributed by atoms with Gasteiger partial charge in [-0.3, -0.25) is 14.6 Å².